The fourth-order valence-corrected chi connectivity index (χ4v) is 2.52. The van der Waals surface area contributed by atoms with Crippen molar-refractivity contribution in [2.45, 2.75) is 24.3 Å². The highest BCUT2D eigenvalue weighted by atomic mass is 35.5. The topological polar surface area (TPSA) is 24.9 Å². The summed E-state index contributed by atoms with van der Waals surface area (Å²) in [4.78, 5) is 4.40. The van der Waals surface area contributed by atoms with Gasteiger partial charge in [-0.25, -0.2) is 4.98 Å². The van der Waals surface area contributed by atoms with Crippen molar-refractivity contribution in [3.63, 3.8) is 0 Å². The molecule has 0 bridgehead atoms. The van der Waals surface area contributed by atoms with Crippen LogP contribution in [0.4, 0.5) is 5.82 Å². The molecule has 3 rings (SSSR count). The monoisotopic (exact) mass is 232 g/mol. The third kappa shape index (κ3) is 1.74. The predicted octanol–water partition coefficient (Wildman–Crippen LogP) is 3.42. The smallest absolute Gasteiger partial charge is 0.134 e. The van der Waals surface area contributed by atoms with Crippen molar-refractivity contribution in [1.82, 2.24) is 4.98 Å². The van der Waals surface area contributed by atoms with Crippen LogP contribution in [0.15, 0.2) is 36.5 Å². The molecule has 1 aliphatic carbocycles. The summed E-state index contributed by atoms with van der Waals surface area (Å²) in [6.07, 6.45) is 3.92. The van der Waals surface area contributed by atoms with Gasteiger partial charge in [-0.2, -0.15) is 0 Å². The number of hydrogen-bond donors (Lipinski definition) is 1. The van der Waals surface area contributed by atoms with Gasteiger partial charge in [0.1, 0.15) is 5.82 Å². The summed E-state index contributed by atoms with van der Waals surface area (Å²) in [5.41, 5.74) is 0. The molecule has 0 amide bonds. The minimum atomic E-state index is 0.340. The number of alkyl halides is 1. The second-order valence-electron chi connectivity index (χ2n) is 4.29. The van der Waals surface area contributed by atoms with Crippen molar-refractivity contribution in [3.8, 4) is 0 Å². The number of halogens is 1. The van der Waals surface area contributed by atoms with E-state index in [2.05, 4.69) is 22.4 Å². The molecule has 1 saturated carbocycles. The molecular weight excluding hydrogens is 220 g/mol. The maximum atomic E-state index is 5.97. The molecule has 1 fully saturated rings. The molecule has 16 heavy (non-hydrogen) atoms. The summed E-state index contributed by atoms with van der Waals surface area (Å²) in [5, 5.41) is 6.20. The van der Waals surface area contributed by atoms with Crippen LogP contribution in [0.3, 0.4) is 0 Å². The standard InChI is InChI=1S/C13H13ClN2/c14-10-7-11(8-10)16-13-12-4-2-1-3-9(12)5-6-15-13/h1-6,10-11H,7-8H2,(H,15,16). The molecule has 0 aliphatic heterocycles. The van der Waals surface area contributed by atoms with Crippen LogP contribution in [0.25, 0.3) is 10.8 Å². The van der Waals surface area contributed by atoms with Crippen molar-refractivity contribution in [3.05, 3.63) is 36.5 Å². The first kappa shape index (κ1) is 9.91. The Balaban J connectivity index is 1.91. The lowest BCUT2D eigenvalue weighted by molar-refractivity contribution is 0.454. The van der Waals surface area contributed by atoms with Crippen LogP contribution in [-0.4, -0.2) is 16.4 Å². The van der Waals surface area contributed by atoms with E-state index in [4.69, 9.17) is 11.6 Å². The number of fused-ring (bicyclic) bond motifs is 1. The first-order chi connectivity index (χ1) is 7.83. The lowest BCUT2D eigenvalue weighted by Gasteiger charge is -2.32. The number of aromatic nitrogens is 1. The third-order valence-corrected chi connectivity index (χ3v) is 3.45. The van der Waals surface area contributed by atoms with E-state index in [1.807, 2.05) is 24.4 Å². The quantitative estimate of drug-likeness (QED) is 0.803. The van der Waals surface area contributed by atoms with Gasteiger partial charge in [-0.1, -0.05) is 24.3 Å². The summed E-state index contributed by atoms with van der Waals surface area (Å²) in [7, 11) is 0. The molecule has 0 saturated heterocycles. The Bertz CT molecular complexity index is 501. The molecule has 1 aromatic heterocycles. The van der Waals surface area contributed by atoms with Crippen molar-refractivity contribution in [1.29, 1.82) is 0 Å². The minimum absolute atomic E-state index is 0.340. The maximum absolute atomic E-state index is 5.97. The molecule has 1 aliphatic rings. The molecule has 0 atom stereocenters. The van der Waals surface area contributed by atoms with Gasteiger partial charge in [-0.15, -0.1) is 11.6 Å². The average Bonchev–Trinajstić information content (AvgIpc) is 2.27. The van der Waals surface area contributed by atoms with E-state index in [0.717, 1.165) is 18.7 Å². The van der Waals surface area contributed by atoms with Crippen molar-refractivity contribution in [2.75, 3.05) is 5.32 Å². The van der Waals surface area contributed by atoms with Gasteiger partial charge >= 0.3 is 0 Å². The van der Waals surface area contributed by atoms with Crippen LogP contribution in [-0.2, 0) is 0 Å². The SMILES string of the molecule is ClC1CC(Nc2nccc3ccccc23)C1. The number of pyridine rings is 1. The highest BCUT2D eigenvalue weighted by Crippen LogP contribution is 2.30. The second kappa shape index (κ2) is 3.95. The molecule has 1 N–H and O–H groups in total. The number of hydrogen-bond acceptors (Lipinski definition) is 2. The summed E-state index contributed by atoms with van der Waals surface area (Å²) < 4.78 is 0. The normalized spacial score (nSPS) is 24.1. The summed E-state index contributed by atoms with van der Waals surface area (Å²) in [5.74, 6) is 0.978. The van der Waals surface area contributed by atoms with Crippen LogP contribution in [0.2, 0.25) is 0 Å². The zero-order chi connectivity index (χ0) is 11.0. The van der Waals surface area contributed by atoms with Crippen LogP contribution >= 0.6 is 11.6 Å². The van der Waals surface area contributed by atoms with Gasteiger partial charge < -0.3 is 5.32 Å². The molecule has 2 nitrogen and oxygen atoms in total. The molecule has 0 radical (unpaired) electrons. The molecule has 0 unspecified atom stereocenters. The lowest BCUT2D eigenvalue weighted by Crippen LogP contribution is -2.36. The summed E-state index contributed by atoms with van der Waals surface area (Å²) >= 11 is 5.97. The van der Waals surface area contributed by atoms with Gasteiger partial charge in [0.15, 0.2) is 0 Å². The van der Waals surface area contributed by atoms with E-state index in [9.17, 15) is 0 Å². The Morgan fingerprint density at radius 3 is 2.81 bits per heavy atom. The van der Waals surface area contributed by atoms with Gasteiger partial charge in [0.2, 0.25) is 0 Å². The third-order valence-electron chi connectivity index (χ3n) is 3.10. The number of benzene rings is 1. The Kier molecular flexibility index (Phi) is 2.44. The molecule has 2 aromatic rings. The number of anilines is 1. The number of rotatable bonds is 2. The average molecular weight is 233 g/mol. The van der Waals surface area contributed by atoms with Crippen molar-refractivity contribution >= 4 is 28.2 Å². The largest absolute Gasteiger partial charge is 0.367 e. The Hall–Kier alpha value is -1.28. The maximum Gasteiger partial charge on any atom is 0.134 e. The molecule has 1 aromatic carbocycles. The Morgan fingerprint density at radius 1 is 1.19 bits per heavy atom. The highest BCUT2D eigenvalue weighted by Gasteiger charge is 2.27. The van der Waals surface area contributed by atoms with E-state index in [-0.39, 0.29) is 0 Å². The van der Waals surface area contributed by atoms with E-state index in [1.165, 1.54) is 10.8 Å². The van der Waals surface area contributed by atoms with Gasteiger partial charge in [-0.05, 0) is 24.3 Å². The van der Waals surface area contributed by atoms with Crippen LogP contribution in [0.5, 0.6) is 0 Å². The predicted molar refractivity (Wildman–Crippen MR) is 68.0 cm³/mol. The molecule has 1 heterocycles. The first-order valence-corrected chi connectivity index (χ1v) is 6.01. The fourth-order valence-electron chi connectivity index (χ4n) is 2.09. The fraction of sp³-hybridized carbons (Fsp3) is 0.308. The van der Waals surface area contributed by atoms with E-state index in [0.29, 0.717) is 11.4 Å². The van der Waals surface area contributed by atoms with Gasteiger partial charge in [0, 0.05) is 23.0 Å². The Morgan fingerprint density at radius 2 is 2.00 bits per heavy atom. The molecule has 3 heteroatoms. The van der Waals surface area contributed by atoms with Crippen LogP contribution in [0, 0.1) is 0 Å². The zero-order valence-corrected chi connectivity index (χ0v) is 9.61. The number of nitrogens with zero attached hydrogens (tertiary/aromatic N) is 1. The van der Waals surface area contributed by atoms with E-state index < -0.39 is 0 Å². The van der Waals surface area contributed by atoms with E-state index in [1.54, 1.807) is 0 Å². The second-order valence-corrected chi connectivity index (χ2v) is 4.91. The minimum Gasteiger partial charge on any atom is -0.367 e. The summed E-state index contributed by atoms with van der Waals surface area (Å²) in [6, 6.07) is 10.8. The lowest BCUT2D eigenvalue weighted by atomic mass is 9.92. The van der Waals surface area contributed by atoms with Gasteiger partial charge in [0.25, 0.3) is 0 Å². The van der Waals surface area contributed by atoms with E-state index >= 15 is 0 Å². The molecule has 0 spiro atoms. The molecule has 82 valence electrons. The number of nitrogens with one attached hydrogen (secondary N) is 1. The first-order valence-electron chi connectivity index (χ1n) is 5.57. The highest BCUT2D eigenvalue weighted by molar-refractivity contribution is 6.21. The van der Waals surface area contributed by atoms with Gasteiger partial charge in [0.05, 0.1) is 0 Å². The van der Waals surface area contributed by atoms with Crippen LogP contribution < -0.4 is 5.32 Å². The van der Waals surface area contributed by atoms with Crippen molar-refractivity contribution < 1.29 is 0 Å². The zero-order valence-electron chi connectivity index (χ0n) is 8.86. The van der Waals surface area contributed by atoms with Crippen LogP contribution in [0.1, 0.15) is 12.8 Å². The van der Waals surface area contributed by atoms with Crippen molar-refractivity contribution in [2.24, 2.45) is 0 Å². The summed E-state index contributed by atoms with van der Waals surface area (Å²) in [6.45, 7) is 0. The Labute approximate surface area is 99.6 Å². The molecular formula is C13H13ClN2. The van der Waals surface area contributed by atoms with Gasteiger partial charge in [-0.3, -0.25) is 0 Å².